The largest absolute Gasteiger partial charge is 0.299 e. The number of carbonyl (C=O) groups is 1. The van der Waals surface area contributed by atoms with Crippen molar-refractivity contribution < 1.29 is 4.79 Å². The van der Waals surface area contributed by atoms with E-state index in [0.29, 0.717) is 17.6 Å². The Balaban J connectivity index is 1.91. The first kappa shape index (κ1) is 5.69. The van der Waals surface area contributed by atoms with Crippen molar-refractivity contribution in [3.8, 4) is 0 Å². The third-order valence-electron chi connectivity index (χ3n) is 5.33. The number of thioether (sulfide) groups is 1. The minimum atomic E-state index is 0.546. The average Bonchev–Trinajstić information content (AvgIpc) is 2.47. The van der Waals surface area contributed by atoms with Crippen LogP contribution in [0.5, 0.6) is 0 Å². The van der Waals surface area contributed by atoms with Crippen molar-refractivity contribution in [3.63, 3.8) is 0 Å². The molecule has 0 aromatic heterocycles. The smallest absolute Gasteiger partial charge is 0.141 e. The standard InChI is InChI=1S/C10H10OS/c11-8-6-2-1-3-5-4(2)7(8)10(5)12-9(3)6/h2-7,9-10H,1H2/t2-,3+,4-,5+,6-,7+,9-,10-/m0/s1. The van der Waals surface area contributed by atoms with Gasteiger partial charge in [0.25, 0.3) is 0 Å². The van der Waals surface area contributed by atoms with Crippen LogP contribution in [0.1, 0.15) is 6.42 Å². The fraction of sp³-hybridized carbons (Fsp3) is 0.900. The molecule has 0 radical (unpaired) electrons. The highest BCUT2D eigenvalue weighted by Crippen LogP contribution is 2.81. The number of fused-ring (bicyclic) bond motifs is 2. The Morgan fingerprint density at radius 3 is 2.92 bits per heavy atom. The summed E-state index contributed by atoms with van der Waals surface area (Å²) in [6, 6.07) is 0. The maximum atomic E-state index is 11.9. The van der Waals surface area contributed by atoms with Crippen LogP contribution < -0.4 is 0 Å². The average molecular weight is 178 g/mol. The molecule has 12 heavy (non-hydrogen) atoms. The lowest BCUT2D eigenvalue weighted by atomic mass is 9.64. The van der Waals surface area contributed by atoms with Gasteiger partial charge in [0.1, 0.15) is 5.78 Å². The Morgan fingerprint density at radius 1 is 1.08 bits per heavy atom. The molecule has 1 nitrogen and oxygen atoms in total. The van der Waals surface area contributed by atoms with Gasteiger partial charge >= 0.3 is 0 Å². The van der Waals surface area contributed by atoms with Gasteiger partial charge in [-0.1, -0.05) is 0 Å². The zero-order valence-corrected chi connectivity index (χ0v) is 7.46. The van der Waals surface area contributed by atoms with Crippen molar-refractivity contribution in [3.05, 3.63) is 0 Å². The summed E-state index contributed by atoms with van der Waals surface area (Å²) in [6.45, 7) is 0. The van der Waals surface area contributed by atoms with Gasteiger partial charge in [0, 0.05) is 22.3 Å². The predicted octanol–water partition coefficient (Wildman–Crippen LogP) is 1.18. The van der Waals surface area contributed by atoms with Gasteiger partial charge in [0.15, 0.2) is 0 Å². The highest BCUT2D eigenvalue weighted by molar-refractivity contribution is 8.01. The van der Waals surface area contributed by atoms with Gasteiger partial charge in [-0.05, 0) is 30.1 Å². The van der Waals surface area contributed by atoms with Crippen LogP contribution in [0, 0.1) is 35.5 Å². The van der Waals surface area contributed by atoms with Crippen molar-refractivity contribution in [2.24, 2.45) is 35.5 Å². The van der Waals surface area contributed by atoms with Gasteiger partial charge in [0.2, 0.25) is 0 Å². The van der Waals surface area contributed by atoms with Crippen molar-refractivity contribution in [2.75, 3.05) is 0 Å². The van der Waals surface area contributed by atoms with Crippen LogP contribution in [0.4, 0.5) is 0 Å². The molecule has 0 N–H and O–H groups in total. The Morgan fingerprint density at radius 2 is 2.00 bits per heavy atom. The molecule has 8 atom stereocenters. The van der Waals surface area contributed by atoms with Gasteiger partial charge in [-0.15, -0.1) is 0 Å². The monoisotopic (exact) mass is 178 g/mol. The van der Waals surface area contributed by atoms with E-state index < -0.39 is 0 Å². The zero-order chi connectivity index (χ0) is 7.61. The van der Waals surface area contributed by atoms with Crippen LogP contribution in [0.25, 0.3) is 0 Å². The summed E-state index contributed by atoms with van der Waals surface area (Å²) in [5.41, 5.74) is 0. The molecule has 4 saturated carbocycles. The lowest BCUT2D eigenvalue weighted by Crippen LogP contribution is -2.46. The summed E-state index contributed by atoms with van der Waals surface area (Å²) in [5, 5.41) is 1.61. The van der Waals surface area contributed by atoms with Gasteiger partial charge < -0.3 is 0 Å². The maximum absolute atomic E-state index is 11.9. The summed E-state index contributed by atoms with van der Waals surface area (Å²) >= 11 is 2.19. The summed E-state index contributed by atoms with van der Waals surface area (Å²) in [7, 11) is 0. The quantitative estimate of drug-likeness (QED) is 0.554. The Hall–Kier alpha value is 0.0200. The molecule has 0 unspecified atom stereocenters. The molecule has 5 aliphatic rings. The van der Waals surface area contributed by atoms with Crippen molar-refractivity contribution in [2.45, 2.75) is 16.9 Å². The fourth-order valence-corrected chi connectivity index (χ4v) is 7.63. The van der Waals surface area contributed by atoms with Crippen molar-refractivity contribution in [1.29, 1.82) is 0 Å². The van der Waals surface area contributed by atoms with Crippen LogP contribution in [-0.4, -0.2) is 16.3 Å². The molecule has 0 amide bonds. The topological polar surface area (TPSA) is 17.1 Å². The molecule has 4 aliphatic carbocycles. The number of Topliss-reactive ketones (excluding diaryl/α,β-unsaturated/α-hetero) is 1. The first-order valence-corrected chi connectivity index (χ1v) is 6.01. The molecule has 1 heterocycles. The second-order valence-corrected chi connectivity index (χ2v) is 6.60. The van der Waals surface area contributed by atoms with Gasteiger partial charge in [-0.25, -0.2) is 0 Å². The molecule has 2 heteroatoms. The molecular weight excluding hydrogens is 168 g/mol. The third kappa shape index (κ3) is 0.301. The zero-order valence-electron chi connectivity index (χ0n) is 6.64. The second-order valence-electron chi connectivity index (χ2n) is 5.24. The number of carbonyl (C=O) groups excluding carboxylic acids is 1. The molecule has 2 bridgehead atoms. The molecule has 0 spiro atoms. The number of ketones is 1. The lowest BCUT2D eigenvalue weighted by Gasteiger charge is -2.42. The van der Waals surface area contributed by atoms with Crippen LogP contribution >= 0.6 is 11.8 Å². The second kappa shape index (κ2) is 1.31. The van der Waals surface area contributed by atoms with E-state index in [4.69, 9.17) is 0 Å². The maximum Gasteiger partial charge on any atom is 0.141 e. The molecule has 1 saturated heterocycles. The molecule has 1 aliphatic heterocycles. The fourth-order valence-electron chi connectivity index (χ4n) is 5.22. The van der Waals surface area contributed by atoms with Crippen molar-refractivity contribution >= 4 is 17.5 Å². The van der Waals surface area contributed by atoms with E-state index in [-0.39, 0.29) is 0 Å². The first-order chi connectivity index (χ1) is 5.88. The van der Waals surface area contributed by atoms with Gasteiger partial charge in [0.05, 0.1) is 0 Å². The number of hydrogen-bond acceptors (Lipinski definition) is 2. The summed E-state index contributed by atoms with van der Waals surface area (Å²) in [6.07, 6.45) is 1.43. The van der Waals surface area contributed by atoms with E-state index >= 15 is 0 Å². The van der Waals surface area contributed by atoms with Crippen LogP contribution in [0.2, 0.25) is 0 Å². The van der Waals surface area contributed by atoms with E-state index in [1.165, 1.54) is 6.42 Å². The van der Waals surface area contributed by atoms with E-state index in [0.717, 1.165) is 34.2 Å². The Kier molecular flexibility index (Phi) is 0.623. The molecule has 0 aromatic rings. The van der Waals surface area contributed by atoms with Gasteiger partial charge in [-0.3, -0.25) is 4.79 Å². The predicted molar refractivity (Wildman–Crippen MR) is 45.7 cm³/mol. The molecule has 62 valence electrons. The van der Waals surface area contributed by atoms with E-state index in [2.05, 4.69) is 11.8 Å². The molecule has 5 fully saturated rings. The number of hydrogen-bond donors (Lipinski definition) is 0. The minimum Gasteiger partial charge on any atom is -0.299 e. The Labute approximate surface area is 75.3 Å². The number of rotatable bonds is 0. The molecule has 0 aromatic carbocycles. The third-order valence-corrected chi connectivity index (χ3v) is 7.21. The lowest BCUT2D eigenvalue weighted by molar-refractivity contribution is -0.126. The van der Waals surface area contributed by atoms with Crippen LogP contribution in [0.3, 0.4) is 0 Å². The molecule has 5 rings (SSSR count). The summed E-state index contributed by atoms with van der Waals surface area (Å²) in [5.74, 6) is 5.55. The van der Waals surface area contributed by atoms with Crippen LogP contribution in [0.15, 0.2) is 0 Å². The summed E-state index contributed by atoms with van der Waals surface area (Å²) < 4.78 is 0. The summed E-state index contributed by atoms with van der Waals surface area (Å²) in [4.78, 5) is 11.9. The normalized spacial score (nSPS) is 79.2. The SMILES string of the molecule is O=C1[C@@H]2[C@H]3C[C@H]4[C@@H]2S[C@@H]2[C@@H]1[C@@H]3[C@@H]42. The van der Waals surface area contributed by atoms with E-state index in [1.54, 1.807) is 0 Å². The highest BCUT2D eigenvalue weighted by Gasteiger charge is 2.81. The Bertz CT molecular complexity index is 320. The van der Waals surface area contributed by atoms with Crippen LogP contribution in [-0.2, 0) is 4.79 Å². The first-order valence-electron chi connectivity index (χ1n) is 5.07. The van der Waals surface area contributed by atoms with Crippen molar-refractivity contribution in [1.82, 2.24) is 0 Å². The van der Waals surface area contributed by atoms with E-state index in [9.17, 15) is 4.79 Å². The molecular formula is C10H10OS. The minimum absolute atomic E-state index is 0.546. The van der Waals surface area contributed by atoms with E-state index in [1.807, 2.05) is 0 Å². The highest BCUT2D eigenvalue weighted by atomic mass is 32.2. The van der Waals surface area contributed by atoms with Gasteiger partial charge in [-0.2, -0.15) is 11.8 Å².